The molecule has 0 unspecified atom stereocenters. The Balaban J connectivity index is 0.000000325. The summed E-state index contributed by atoms with van der Waals surface area (Å²) in [5, 5.41) is 11.3. The topological polar surface area (TPSA) is 75.0 Å². The lowest BCUT2D eigenvalue weighted by molar-refractivity contribution is -0.138. The minimum Gasteiger partial charge on any atom is -0.462 e. The summed E-state index contributed by atoms with van der Waals surface area (Å²) in [6, 6.07) is 5.42. The first kappa shape index (κ1) is 14.9. The van der Waals surface area contributed by atoms with Crippen molar-refractivity contribution in [3.8, 4) is 6.07 Å². The normalized spacial score (nSPS) is 9.35. The maximum absolute atomic E-state index is 9.60. The van der Waals surface area contributed by atoms with Gasteiger partial charge in [0.25, 0.3) is 6.47 Å². The monoisotopic (exact) mass is 235 g/mol. The van der Waals surface area contributed by atoms with E-state index in [0.29, 0.717) is 12.2 Å². The molecule has 0 bridgehead atoms. The van der Waals surface area contributed by atoms with Gasteiger partial charge in [-0.2, -0.15) is 5.26 Å². The first-order valence-electron chi connectivity index (χ1n) is 5.08. The summed E-state index contributed by atoms with van der Waals surface area (Å²) in [6.07, 6.45) is 1.62. The standard InChI is InChI=1S/C7H7N3.C5H10O2/c1-9-7-3-2-6(4-8)10-5-7;1-5(2,3)7-4-6/h2-3,5,9H,1H3;4H,1-3H3. The molecule has 0 amide bonds. The lowest BCUT2D eigenvalue weighted by atomic mass is 10.2. The molecule has 17 heavy (non-hydrogen) atoms. The Hall–Kier alpha value is -2.09. The largest absolute Gasteiger partial charge is 0.462 e. The van der Waals surface area contributed by atoms with Gasteiger partial charge in [-0.1, -0.05) is 0 Å². The Morgan fingerprint density at radius 1 is 1.47 bits per heavy atom. The summed E-state index contributed by atoms with van der Waals surface area (Å²) in [6.45, 7) is 5.92. The molecule has 0 aliphatic heterocycles. The average molecular weight is 235 g/mol. The Morgan fingerprint density at radius 2 is 2.12 bits per heavy atom. The maximum atomic E-state index is 9.60. The van der Waals surface area contributed by atoms with Crippen LogP contribution in [0.5, 0.6) is 0 Å². The van der Waals surface area contributed by atoms with Gasteiger partial charge in [0.05, 0.1) is 11.9 Å². The first-order chi connectivity index (χ1) is 7.92. The molecule has 0 spiro atoms. The van der Waals surface area contributed by atoms with Gasteiger partial charge >= 0.3 is 0 Å². The zero-order chi connectivity index (χ0) is 13.3. The Labute approximate surface area is 101 Å². The van der Waals surface area contributed by atoms with Crippen molar-refractivity contribution in [3.63, 3.8) is 0 Å². The SMILES string of the molecule is CC(C)(C)OC=O.CNc1ccc(C#N)nc1. The van der Waals surface area contributed by atoms with Gasteiger partial charge in [0.15, 0.2) is 0 Å². The fourth-order valence-corrected chi connectivity index (χ4v) is 0.752. The summed E-state index contributed by atoms with van der Waals surface area (Å²) in [4.78, 5) is 13.4. The van der Waals surface area contributed by atoms with Gasteiger partial charge in [0.2, 0.25) is 0 Å². The van der Waals surface area contributed by atoms with Crippen LogP contribution in [0.2, 0.25) is 0 Å². The Kier molecular flexibility index (Phi) is 6.34. The number of ether oxygens (including phenoxy) is 1. The van der Waals surface area contributed by atoms with Gasteiger partial charge < -0.3 is 10.1 Å². The van der Waals surface area contributed by atoms with E-state index < -0.39 is 0 Å². The Morgan fingerprint density at radius 3 is 2.35 bits per heavy atom. The van der Waals surface area contributed by atoms with Crippen molar-refractivity contribution in [3.05, 3.63) is 24.0 Å². The molecular formula is C12H17N3O2. The summed E-state index contributed by atoms with van der Waals surface area (Å²) in [7, 11) is 1.81. The second-order valence-electron chi connectivity index (χ2n) is 4.12. The number of nitrogens with one attached hydrogen (secondary N) is 1. The molecule has 1 heterocycles. The van der Waals surface area contributed by atoms with Crippen molar-refractivity contribution in [2.24, 2.45) is 0 Å². The van der Waals surface area contributed by atoms with Crippen molar-refractivity contribution in [1.82, 2.24) is 4.98 Å². The van der Waals surface area contributed by atoms with Crippen molar-refractivity contribution in [1.29, 1.82) is 5.26 Å². The fourth-order valence-electron chi connectivity index (χ4n) is 0.752. The molecule has 0 aliphatic rings. The molecule has 1 aromatic heterocycles. The van der Waals surface area contributed by atoms with E-state index >= 15 is 0 Å². The van der Waals surface area contributed by atoms with E-state index in [-0.39, 0.29) is 5.60 Å². The van der Waals surface area contributed by atoms with E-state index in [2.05, 4.69) is 15.0 Å². The van der Waals surface area contributed by atoms with Crippen LogP contribution in [-0.2, 0) is 9.53 Å². The maximum Gasteiger partial charge on any atom is 0.293 e. The molecule has 5 heteroatoms. The van der Waals surface area contributed by atoms with Gasteiger partial charge in [-0.15, -0.1) is 0 Å². The number of rotatable bonds is 2. The number of nitriles is 1. The third kappa shape index (κ3) is 7.79. The van der Waals surface area contributed by atoms with Crippen molar-refractivity contribution in [2.75, 3.05) is 12.4 Å². The number of anilines is 1. The number of nitrogens with zero attached hydrogens (tertiary/aromatic N) is 2. The molecular weight excluding hydrogens is 218 g/mol. The van der Waals surface area contributed by atoms with Crippen LogP contribution in [0, 0.1) is 11.3 Å². The highest BCUT2D eigenvalue weighted by molar-refractivity contribution is 5.41. The predicted octanol–water partition coefficient (Wildman–Crippen LogP) is 1.95. The quantitative estimate of drug-likeness (QED) is 0.793. The van der Waals surface area contributed by atoms with Crippen LogP contribution in [0.25, 0.3) is 0 Å². The predicted molar refractivity (Wildman–Crippen MR) is 65.4 cm³/mol. The minimum absolute atomic E-state index is 0.318. The second-order valence-corrected chi connectivity index (χ2v) is 4.12. The number of hydrogen-bond donors (Lipinski definition) is 1. The average Bonchev–Trinajstić information content (AvgIpc) is 2.28. The number of pyridine rings is 1. The van der Waals surface area contributed by atoms with E-state index in [1.165, 1.54) is 0 Å². The molecule has 0 radical (unpaired) electrons. The minimum atomic E-state index is -0.318. The van der Waals surface area contributed by atoms with Gasteiger partial charge in [-0.25, -0.2) is 4.98 Å². The number of hydrogen-bond acceptors (Lipinski definition) is 5. The fraction of sp³-hybridized carbons (Fsp3) is 0.417. The highest BCUT2D eigenvalue weighted by atomic mass is 16.5. The number of aromatic nitrogens is 1. The molecule has 0 fully saturated rings. The van der Waals surface area contributed by atoms with Crippen LogP contribution in [0.4, 0.5) is 5.69 Å². The lowest BCUT2D eigenvalue weighted by Gasteiger charge is -2.14. The summed E-state index contributed by atoms with van der Waals surface area (Å²) >= 11 is 0. The van der Waals surface area contributed by atoms with E-state index in [0.717, 1.165) is 5.69 Å². The summed E-state index contributed by atoms with van der Waals surface area (Å²) < 4.78 is 4.55. The molecule has 0 saturated heterocycles. The molecule has 0 atom stereocenters. The van der Waals surface area contributed by atoms with Crippen molar-refractivity contribution in [2.45, 2.75) is 26.4 Å². The van der Waals surface area contributed by atoms with E-state index in [4.69, 9.17) is 5.26 Å². The second kappa shape index (κ2) is 7.23. The zero-order valence-corrected chi connectivity index (χ0v) is 10.5. The molecule has 1 N–H and O–H groups in total. The third-order valence-corrected chi connectivity index (χ3v) is 1.57. The van der Waals surface area contributed by atoms with Crippen LogP contribution >= 0.6 is 0 Å². The van der Waals surface area contributed by atoms with Crippen molar-refractivity contribution >= 4 is 12.2 Å². The van der Waals surface area contributed by atoms with Gasteiger partial charge in [0, 0.05) is 7.05 Å². The molecule has 5 nitrogen and oxygen atoms in total. The highest BCUT2D eigenvalue weighted by Gasteiger charge is 2.07. The zero-order valence-electron chi connectivity index (χ0n) is 10.5. The van der Waals surface area contributed by atoms with Crippen LogP contribution in [0.1, 0.15) is 26.5 Å². The molecule has 1 aromatic rings. The van der Waals surface area contributed by atoms with Gasteiger partial charge in [-0.3, -0.25) is 4.79 Å². The molecule has 0 saturated carbocycles. The molecule has 1 rings (SSSR count). The van der Waals surface area contributed by atoms with E-state index in [1.807, 2.05) is 40.0 Å². The summed E-state index contributed by atoms with van der Waals surface area (Å²) in [5.41, 5.74) is 1.04. The van der Waals surface area contributed by atoms with E-state index in [1.54, 1.807) is 12.3 Å². The van der Waals surface area contributed by atoms with E-state index in [9.17, 15) is 4.79 Å². The lowest BCUT2D eigenvalue weighted by Crippen LogP contribution is -2.17. The van der Waals surface area contributed by atoms with Crippen LogP contribution in [0.15, 0.2) is 18.3 Å². The van der Waals surface area contributed by atoms with Crippen LogP contribution < -0.4 is 5.32 Å². The summed E-state index contributed by atoms with van der Waals surface area (Å²) in [5.74, 6) is 0. The highest BCUT2D eigenvalue weighted by Crippen LogP contribution is 2.03. The number of carbonyl (C=O) groups is 1. The molecule has 0 aliphatic carbocycles. The molecule has 92 valence electrons. The van der Waals surface area contributed by atoms with Crippen molar-refractivity contribution < 1.29 is 9.53 Å². The number of carbonyl (C=O) groups excluding carboxylic acids is 1. The first-order valence-corrected chi connectivity index (χ1v) is 5.08. The Bertz CT molecular complexity index is 374. The van der Waals surface area contributed by atoms with Crippen LogP contribution in [-0.4, -0.2) is 24.1 Å². The van der Waals surface area contributed by atoms with Crippen LogP contribution in [0.3, 0.4) is 0 Å². The smallest absolute Gasteiger partial charge is 0.293 e. The van der Waals surface area contributed by atoms with Gasteiger partial charge in [-0.05, 0) is 32.9 Å². The third-order valence-electron chi connectivity index (χ3n) is 1.57. The van der Waals surface area contributed by atoms with Gasteiger partial charge in [0.1, 0.15) is 17.4 Å². The molecule has 0 aromatic carbocycles.